The van der Waals surface area contributed by atoms with Gasteiger partial charge in [0.15, 0.2) is 0 Å². The second kappa shape index (κ2) is 7.11. The molecule has 0 aliphatic rings. The number of hydrogen-bond acceptors (Lipinski definition) is 4. The molecule has 0 saturated carbocycles. The van der Waals surface area contributed by atoms with Crippen LogP contribution in [0.2, 0.25) is 0 Å². The number of para-hydroxylation sites is 1. The van der Waals surface area contributed by atoms with Crippen LogP contribution >= 0.6 is 0 Å². The molecule has 1 heterocycles. The van der Waals surface area contributed by atoms with Gasteiger partial charge in [0.1, 0.15) is 23.6 Å². The Bertz CT molecular complexity index is 797. The zero-order chi connectivity index (χ0) is 16.1. The van der Waals surface area contributed by atoms with E-state index in [2.05, 4.69) is 11.1 Å². The van der Waals surface area contributed by atoms with E-state index >= 15 is 0 Å². The minimum absolute atomic E-state index is 0.428. The number of ether oxygens (including phenoxy) is 2. The van der Waals surface area contributed by atoms with Crippen molar-refractivity contribution in [1.82, 2.24) is 4.98 Å². The van der Waals surface area contributed by atoms with Crippen molar-refractivity contribution in [2.75, 3.05) is 13.7 Å². The van der Waals surface area contributed by atoms with Gasteiger partial charge in [-0.1, -0.05) is 24.3 Å². The van der Waals surface area contributed by atoms with E-state index in [1.807, 2.05) is 42.5 Å². The van der Waals surface area contributed by atoms with Crippen molar-refractivity contribution in [3.63, 3.8) is 0 Å². The predicted octanol–water partition coefficient (Wildman–Crippen LogP) is 3.32. The summed E-state index contributed by atoms with van der Waals surface area (Å²) >= 11 is 0. The van der Waals surface area contributed by atoms with Crippen molar-refractivity contribution < 1.29 is 9.47 Å². The standard InChI is InChI=1S/C19H20N2O2/c1-22-17-8-7-14(9-10-20)12-16(17)13-23-18-6-2-4-15-5-3-11-21-19(15)18/h2-8,11-12H,9-10,13,20H2,1H3. The maximum atomic E-state index is 6.01. The summed E-state index contributed by atoms with van der Waals surface area (Å²) in [4.78, 5) is 4.41. The molecule has 0 spiro atoms. The van der Waals surface area contributed by atoms with Gasteiger partial charge in [0.05, 0.1) is 7.11 Å². The van der Waals surface area contributed by atoms with E-state index in [4.69, 9.17) is 15.2 Å². The number of fused-ring (bicyclic) bond motifs is 1. The van der Waals surface area contributed by atoms with Gasteiger partial charge >= 0.3 is 0 Å². The molecule has 118 valence electrons. The van der Waals surface area contributed by atoms with E-state index in [0.29, 0.717) is 13.2 Å². The second-order valence-corrected chi connectivity index (χ2v) is 5.30. The Morgan fingerprint density at radius 1 is 1.04 bits per heavy atom. The van der Waals surface area contributed by atoms with Crippen LogP contribution in [0.15, 0.2) is 54.7 Å². The van der Waals surface area contributed by atoms with Crippen molar-refractivity contribution in [2.45, 2.75) is 13.0 Å². The second-order valence-electron chi connectivity index (χ2n) is 5.30. The molecular weight excluding hydrogens is 288 g/mol. The van der Waals surface area contributed by atoms with Crippen molar-refractivity contribution in [2.24, 2.45) is 5.73 Å². The SMILES string of the molecule is COc1ccc(CCN)cc1COc1cccc2cccnc12. The first-order chi connectivity index (χ1) is 11.3. The van der Waals surface area contributed by atoms with Gasteiger partial charge in [-0.15, -0.1) is 0 Å². The monoisotopic (exact) mass is 308 g/mol. The van der Waals surface area contributed by atoms with Gasteiger partial charge in [0.25, 0.3) is 0 Å². The van der Waals surface area contributed by atoms with Crippen LogP contribution in [-0.2, 0) is 13.0 Å². The fourth-order valence-electron chi connectivity index (χ4n) is 2.62. The Kier molecular flexibility index (Phi) is 4.74. The Balaban J connectivity index is 1.85. The quantitative estimate of drug-likeness (QED) is 0.759. The van der Waals surface area contributed by atoms with Crippen LogP contribution in [0.3, 0.4) is 0 Å². The van der Waals surface area contributed by atoms with Crippen molar-refractivity contribution in [1.29, 1.82) is 0 Å². The van der Waals surface area contributed by atoms with E-state index in [-0.39, 0.29) is 0 Å². The highest BCUT2D eigenvalue weighted by Crippen LogP contribution is 2.26. The van der Waals surface area contributed by atoms with E-state index in [1.54, 1.807) is 13.3 Å². The summed E-state index contributed by atoms with van der Waals surface area (Å²) in [5.41, 5.74) is 8.69. The highest BCUT2D eigenvalue weighted by Gasteiger charge is 2.08. The Hall–Kier alpha value is -2.59. The molecule has 3 rings (SSSR count). The third-order valence-corrected chi connectivity index (χ3v) is 3.76. The third kappa shape index (κ3) is 3.43. The van der Waals surface area contributed by atoms with Crippen LogP contribution in [-0.4, -0.2) is 18.6 Å². The molecule has 4 nitrogen and oxygen atoms in total. The number of nitrogens with zero attached hydrogens (tertiary/aromatic N) is 1. The van der Waals surface area contributed by atoms with Crippen molar-refractivity contribution in [3.8, 4) is 11.5 Å². The van der Waals surface area contributed by atoms with Crippen LogP contribution in [0.25, 0.3) is 10.9 Å². The molecule has 0 unspecified atom stereocenters. The van der Waals surface area contributed by atoms with Crippen molar-refractivity contribution >= 4 is 10.9 Å². The lowest BCUT2D eigenvalue weighted by atomic mass is 10.1. The molecule has 0 bridgehead atoms. The number of benzene rings is 2. The molecule has 0 atom stereocenters. The van der Waals surface area contributed by atoms with Gasteiger partial charge in [-0.25, -0.2) is 0 Å². The number of aromatic nitrogens is 1. The minimum atomic E-state index is 0.428. The first kappa shape index (κ1) is 15.3. The Labute approximate surface area is 135 Å². The lowest BCUT2D eigenvalue weighted by Crippen LogP contribution is -2.05. The molecule has 2 aromatic carbocycles. The molecule has 4 heteroatoms. The molecule has 23 heavy (non-hydrogen) atoms. The molecule has 0 aliphatic carbocycles. The molecule has 3 aromatic rings. The zero-order valence-electron chi connectivity index (χ0n) is 13.2. The molecule has 0 amide bonds. The summed E-state index contributed by atoms with van der Waals surface area (Å²) < 4.78 is 11.4. The fraction of sp³-hybridized carbons (Fsp3) is 0.211. The highest BCUT2D eigenvalue weighted by atomic mass is 16.5. The Morgan fingerprint density at radius 3 is 2.74 bits per heavy atom. The lowest BCUT2D eigenvalue weighted by Gasteiger charge is -2.13. The maximum Gasteiger partial charge on any atom is 0.146 e. The van der Waals surface area contributed by atoms with E-state index in [0.717, 1.165) is 34.4 Å². The normalized spacial score (nSPS) is 10.7. The van der Waals surface area contributed by atoms with Gasteiger partial charge in [-0.05, 0) is 42.8 Å². The Morgan fingerprint density at radius 2 is 1.91 bits per heavy atom. The van der Waals surface area contributed by atoms with Gasteiger partial charge < -0.3 is 15.2 Å². The van der Waals surface area contributed by atoms with Gasteiger partial charge in [-0.3, -0.25) is 4.98 Å². The lowest BCUT2D eigenvalue weighted by molar-refractivity contribution is 0.299. The molecule has 1 aromatic heterocycles. The maximum absolute atomic E-state index is 6.01. The molecular formula is C19H20N2O2. The first-order valence-electron chi connectivity index (χ1n) is 7.64. The predicted molar refractivity (Wildman–Crippen MR) is 91.8 cm³/mol. The highest BCUT2D eigenvalue weighted by molar-refractivity contribution is 5.84. The number of rotatable bonds is 6. The van der Waals surface area contributed by atoms with E-state index < -0.39 is 0 Å². The zero-order valence-corrected chi connectivity index (χ0v) is 13.2. The summed E-state index contributed by atoms with van der Waals surface area (Å²) in [6.07, 6.45) is 2.62. The smallest absolute Gasteiger partial charge is 0.146 e. The minimum Gasteiger partial charge on any atom is -0.496 e. The summed E-state index contributed by atoms with van der Waals surface area (Å²) in [5, 5.41) is 1.06. The van der Waals surface area contributed by atoms with Crippen LogP contribution in [0.5, 0.6) is 11.5 Å². The number of methoxy groups -OCH3 is 1. The van der Waals surface area contributed by atoms with Crippen LogP contribution in [0.1, 0.15) is 11.1 Å². The summed E-state index contributed by atoms with van der Waals surface area (Å²) in [5.74, 6) is 1.59. The van der Waals surface area contributed by atoms with Crippen LogP contribution in [0, 0.1) is 0 Å². The molecule has 0 radical (unpaired) electrons. The molecule has 2 N–H and O–H groups in total. The van der Waals surface area contributed by atoms with Gasteiger partial charge in [-0.2, -0.15) is 0 Å². The average molecular weight is 308 g/mol. The topological polar surface area (TPSA) is 57.4 Å². The fourth-order valence-corrected chi connectivity index (χ4v) is 2.62. The first-order valence-corrected chi connectivity index (χ1v) is 7.64. The molecule has 0 fully saturated rings. The third-order valence-electron chi connectivity index (χ3n) is 3.76. The average Bonchev–Trinajstić information content (AvgIpc) is 2.60. The van der Waals surface area contributed by atoms with E-state index in [9.17, 15) is 0 Å². The molecule has 0 saturated heterocycles. The van der Waals surface area contributed by atoms with Crippen LogP contribution < -0.4 is 15.2 Å². The van der Waals surface area contributed by atoms with Gasteiger partial charge in [0, 0.05) is 17.1 Å². The molecule has 0 aliphatic heterocycles. The summed E-state index contributed by atoms with van der Waals surface area (Å²) in [6, 6.07) is 16.0. The van der Waals surface area contributed by atoms with Crippen molar-refractivity contribution in [3.05, 3.63) is 65.9 Å². The van der Waals surface area contributed by atoms with Gasteiger partial charge in [0.2, 0.25) is 0 Å². The number of nitrogens with two attached hydrogens (primary N) is 1. The largest absolute Gasteiger partial charge is 0.496 e. The summed E-state index contributed by atoms with van der Waals surface area (Å²) in [6.45, 7) is 1.05. The summed E-state index contributed by atoms with van der Waals surface area (Å²) in [7, 11) is 1.67. The number of hydrogen-bond donors (Lipinski definition) is 1. The van der Waals surface area contributed by atoms with Crippen LogP contribution in [0.4, 0.5) is 0 Å². The number of pyridine rings is 1. The van der Waals surface area contributed by atoms with E-state index in [1.165, 1.54) is 5.56 Å².